The van der Waals surface area contributed by atoms with Crippen molar-refractivity contribution in [2.45, 2.75) is 13.8 Å². The molecule has 0 aliphatic carbocycles. The van der Waals surface area contributed by atoms with Crippen molar-refractivity contribution in [1.82, 2.24) is 0 Å². The van der Waals surface area contributed by atoms with Gasteiger partial charge in [-0.05, 0) is 49.2 Å². The molecule has 0 radical (unpaired) electrons. The number of carbonyl (C=O) groups excluding carboxylic acids is 1. The van der Waals surface area contributed by atoms with E-state index >= 15 is 0 Å². The average molecular weight is 379 g/mol. The number of hydrogen-bond acceptors (Lipinski definition) is 6. The van der Waals surface area contributed by atoms with Gasteiger partial charge in [-0.3, -0.25) is 4.79 Å². The summed E-state index contributed by atoms with van der Waals surface area (Å²) in [6.07, 6.45) is 3.55. The zero-order valence-corrected chi connectivity index (χ0v) is 15.7. The first kappa shape index (κ1) is 19.2. The number of rotatable bonds is 7. The van der Waals surface area contributed by atoms with Gasteiger partial charge in [-0.15, -0.1) is 0 Å². The predicted octanol–water partition coefficient (Wildman–Crippen LogP) is 4.05. The minimum absolute atomic E-state index is 0.0680. The standard InChI is InChI=1S/C22H21NO5/c1-3-23(4-2)17-8-9-18-16(12-22(26)28-20(18)13-17)7-5-15-6-10-19(25)21(11-15)27-14-24/h5-14,25H,3-4H2,1-2H3. The number of benzene rings is 2. The molecule has 2 aromatic carbocycles. The number of fused-ring (bicyclic) bond motifs is 1. The summed E-state index contributed by atoms with van der Waals surface area (Å²) in [5.41, 5.74) is 2.50. The van der Waals surface area contributed by atoms with E-state index in [1.54, 1.807) is 18.2 Å². The van der Waals surface area contributed by atoms with Gasteiger partial charge in [0.25, 0.3) is 6.47 Å². The van der Waals surface area contributed by atoms with E-state index in [1.165, 1.54) is 18.2 Å². The fraction of sp³-hybridized carbons (Fsp3) is 0.182. The highest BCUT2D eigenvalue weighted by Crippen LogP contribution is 2.28. The van der Waals surface area contributed by atoms with Gasteiger partial charge in [0.05, 0.1) is 0 Å². The molecule has 0 saturated heterocycles. The van der Waals surface area contributed by atoms with Crippen LogP contribution in [0.15, 0.2) is 51.7 Å². The lowest BCUT2D eigenvalue weighted by molar-refractivity contribution is -0.120. The van der Waals surface area contributed by atoms with Crippen LogP contribution in [0.25, 0.3) is 23.1 Å². The highest BCUT2D eigenvalue weighted by molar-refractivity contribution is 5.91. The molecule has 3 aromatic rings. The molecule has 0 spiro atoms. The van der Waals surface area contributed by atoms with Crippen molar-refractivity contribution in [3.05, 3.63) is 64.0 Å². The number of anilines is 1. The summed E-state index contributed by atoms with van der Waals surface area (Å²) in [5.74, 6) is -0.0579. The number of phenolic OH excluding ortho intramolecular Hbond substituents is 1. The van der Waals surface area contributed by atoms with Gasteiger partial charge >= 0.3 is 5.63 Å². The summed E-state index contributed by atoms with van der Waals surface area (Å²) in [6.45, 7) is 6.12. The van der Waals surface area contributed by atoms with Crippen LogP contribution in [-0.4, -0.2) is 24.7 Å². The van der Waals surface area contributed by atoms with Crippen LogP contribution in [0.4, 0.5) is 5.69 Å². The Morgan fingerprint density at radius 2 is 1.86 bits per heavy atom. The summed E-state index contributed by atoms with van der Waals surface area (Å²) < 4.78 is 10.1. The van der Waals surface area contributed by atoms with Crippen LogP contribution in [0.5, 0.6) is 11.5 Å². The Morgan fingerprint density at radius 1 is 1.07 bits per heavy atom. The van der Waals surface area contributed by atoms with Gasteiger partial charge in [0.2, 0.25) is 0 Å². The van der Waals surface area contributed by atoms with Gasteiger partial charge < -0.3 is 19.2 Å². The number of nitrogens with zero attached hydrogens (tertiary/aromatic N) is 1. The maximum Gasteiger partial charge on any atom is 0.336 e. The molecule has 1 N–H and O–H groups in total. The lowest BCUT2D eigenvalue weighted by atomic mass is 10.1. The molecule has 0 atom stereocenters. The fourth-order valence-corrected chi connectivity index (χ4v) is 3.07. The van der Waals surface area contributed by atoms with Gasteiger partial charge in [0, 0.05) is 36.3 Å². The summed E-state index contributed by atoms with van der Waals surface area (Å²) >= 11 is 0. The molecule has 1 aromatic heterocycles. The second-order valence-electron chi connectivity index (χ2n) is 6.15. The number of ether oxygens (including phenoxy) is 1. The van der Waals surface area contributed by atoms with Gasteiger partial charge in [-0.2, -0.15) is 0 Å². The number of carbonyl (C=O) groups is 1. The van der Waals surface area contributed by atoms with E-state index in [9.17, 15) is 14.7 Å². The van der Waals surface area contributed by atoms with Crippen LogP contribution < -0.4 is 15.3 Å². The lowest BCUT2D eigenvalue weighted by Crippen LogP contribution is -2.21. The van der Waals surface area contributed by atoms with Gasteiger partial charge in [-0.25, -0.2) is 4.79 Å². The maximum absolute atomic E-state index is 12.0. The van der Waals surface area contributed by atoms with Crippen molar-refractivity contribution in [2.24, 2.45) is 0 Å². The Labute approximate surface area is 162 Å². The Kier molecular flexibility index (Phi) is 5.79. The zero-order valence-electron chi connectivity index (χ0n) is 15.7. The van der Waals surface area contributed by atoms with Crippen LogP contribution in [0.1, 0.15) is 25.0 Å². The SMILES string of the molecule is CCN(CC)c1ccc2c(C=Cc3ccc(O)c(OC=O)c3)cc(=O)oc2c1. The first-order chi connectivity index (χ1) is 13.5. The molecule has 0 unspecified atom stereocenters. The topological polar surface area (TPSA) is 80.0 Å². The third-order valence-corrected chi connectivity index (χ3v) is 4.50. The van der Waals surface area contributed by atoms with E-state index in [4.69, 9.17) is 9.15 Å². The summed E-state index contributed by atoms with van der Waals surface area (Å²) in [5, 5.41) is 10.5. The second-order valence-corrected chi connectivity index (χ2v) is 6.15. The number of hydrogen-bond donors (Lipinski definition) is 1. The molecule has 6 nitrogen and oxygen atoms in total. The molecule has 1 heterocycles. The first-order valence-electron chi connectivity index (χ1n) is 9.00. The summed E-state index contributed by atoms with van der Waals surface area (Å²) in [6, 6.07) is 11.9. The molecule has 0 amide bonds. The zero-order chi connectivity index (χ0) is 20.1. The van der Waals surface area contributed by atoms with Crippen molar-refractivity contribution in [3.8, 4) is 11.5 Å². The third-order valence-electron chi connectivity index (χ3n) is 4.50. The predicted molar refractivity (Wildman–Crippen MR) is 110 cm³/mol. The molecular weight excluding hydrogens is 358 g/mol. The number of aromatic hydroxyl groups is 1. The third kappa shape index (κ3) is 4.06. The number of phenols is 1. The molecular formula is C22H21NO5. The minimum Gasteiger partial charge on any atom is -0.504 e. The minimum atomic E-state index is -0.431. The van der Waals surface area contributed by atoms with Gasteiger partial charge in [-0.1, -0.05) is 18.2 Å². The van der Waals surface area contributed by atoms with Crippen molar-refractivity contribution in [1.29, 1.82) is 0 Å². The molecule has 0 fully saturated rings. The Morgan fingerprint density at radius 3 is 2.57 bits per heavy atom. The quantitative estimate of drug-likeness (QED) is 0.493. The van der Waals surface area contributed by atoms with E-state index in [0.717, 1.165) is 24.2 Å². The van der Waals surface area contributed by atoms with Crippen LogP contribution in [0.3, 0.4) is 0 Å². The Balaban J connectivity index is 2.01. The molecule has 0 aliphatic rings. The Bertz CT molecular complexity index is 1080. The molecule has 144 valence electrons. The monoisotopic (exact) mass is 379 g/mol. The van der Waals surface area contributed by atoms with Crippen LogP contribution in [-0.2, 0) is 4.79 Å². The van der Waals surface area contributed by atoms with E-state index in [-0.39, 0.29) is 18.0 Å². The highest BCUT2D eigenvalue weighted by Gasteiger charge is 2.08. The van der Waals surface area contributed by atoms with E-state index in [1.807, 2.05) is 18.2 Å². The summed E-state index contributed by atoms with van der Waals surface area (Å²) in [7, 11) is 0. The van der Waals surface area contributed by atoms with Crippen molar-refractivity contribution >= 4 is 35.3 Å². The maximum atomic E-state index is 12.0. The van der Waals surface area contributed by atoms with Crippen molar-refractivity contribution in [2.75, 3.05) is 18.0 Å². The normalized spacial score (nSPS) is 11.1. The smallest absolute Gasteiger partial charge is 0.336 e. The van der Waals surface area contributed by atoms with Crippen molar-refractivity contribution < 1.29 is 19.1 Å². The largest absolute Gasteiger partial charge is 0.504 e. The molecule has 0 bridgehead atoms. The second kappa shape index (κ2) is 8.43. The molecule has 6 heteroatoms. The molecule has 0 saturated carbocycles. The van der Waals surface area contributed by atoms with Crippen LogP contribution >= 0.6 is 0 Å². The van der Waals surface area contributed by atoms with E-state index in [2.05, 4.69) is 18.7 Å². The highest BCUT2D eigenvalue weighted by atomic mass is 16.5. The van der Waals surface area contributed by atoms with Gasteiger partial charge in [0.15, 0.2) is 11.5 Å². The van der Waals surface area contributed by atoms with Crippen LogP contribution in [0, 0.1) is 0 Å². The molecule has 0 aliphatic heterocycles. The molecule has 28 heavy (non-hydrogen) atoms. The van der Waals surface area contributed by atoms with Gasteiger partial charge in [0.1, 0.15) is 5.58 Å². The Hall–Kier alpha value is -3.54. The fourth-order valence-electron chi connectivity index (χ4n) is 3.07. The van der Waals surface area contributed by atoms with E-state index in [0.29, 0.717) is 16.7 Å². The molecule has 3 rings (SSSR count). The summed E-state index contributed by atoms with van der Waals surface area (Å²) in [4.78, 5) is 24.7. The lowest BCUT2D eigenvalue weighted by Gasteiger charge is -2.21. The average Bonchev–Trinajstić information content (AvgIpc) is 2.69. The van der Waals surface area contributed by atoms with Crippen LogP contribution in [0.2, 0.25) is 0 Å². The van der Waals surface area contributed by atoms with Crippen molar-refractivity contribution in [3.63, 3.8) is 0 Å². The first-order valence-corrected chi connectivity index (χ1v) is 9.00. The van der Waals surface area contributed by atoms with E-state index < -0.39 is 5.63 Å².